The topological polar surface area (TPSA) is 17.1 Å². The second kappa shape index (κ2) is 4.77. The van der Waals surface area contributed by atoms with E-state index >= 15 is 0 Å². The van der Waals surface area contributed by atoms with E-state index in [1.54, 1.807) is 12.1 Å². The van der Waals surface area contributed by atoms with Crippen LogP contribution in [0.1, 0.15) is 5.56 Å². The van der Waals surface area contributed by atoms with Gasteiger partial charge in [-0.2, -0.15) is 12.6 Å². The lowest BCUT2D eigenvalue weighted by molar-refractivity contribution is -0.116. The lowest BCUT2D eigenvalue weighted by Crippen LogP contribution is -2.05. The number of carbonyl (C=O) groups excluding carboxylic acids is 1. The third-order valence-electron chi connectivity index (χ3n) is 1.58. The van der Waals surface area contributed by atoms with Gasteiger partial charge in [0, 0.05) is 16.6 Å². The zero-order chi connectivity index (χ0) is 9.84. The zero-order valence-electron chi connectivity index (χ0n) is 6.76. The molecule has 0 amide bonds. The van der Waals surface area contributed by atoms with Crippen molar-refractivity contribution in [1.82, 2.24) is 0 Å². The number of rotatable bonds is 3. The van der Waals surface area contributed by atoms with Crippen LogP contribution in [0.15, 0.2) is 22.7 Å². The first-order chi connectivity index (χ1) is 6.13. The molecule has 0 bridgehead atoms. The molecule has 0 N–H and O–H groups in total. The largest absolute Gasteiger partial charge is 0.298 e. The van der Waals surface area contributed by atoms with Crippen molar-refractivity contribution < 1.29 is 9.18 Å². The summed E-state index contributed by atoms with van der Waals surface area (Å²) in [5, 5.41) is 0. The van der Waals surface area contributed by atoms with Crippen LogP contribution >= 0.6 is 28.6 Å². The van der Waals surface area contributed by atoms with Gasteiger partial charge in [0.2, 0.25) is 0 Å². The molecule has 0 saturated heterocycles. The molecule has 1 aromatic carbocycles. The molecule has 0 atom stereocenters. The summed E-state index contributed by atoms with van der Waals surface area (Å²) in [6, 6.07) is 4.66. The Labute approximate surface area is 89.9 Å². The van der Waals surface area contributed by atoms with E-state index in [9.17, 15) is 9.18 Å². The first-order valence-corrected chi connectivity index (χ1v) is 5.12. The van der Waals surface area contributed by atoms with E-state index in [1.165, 1.54) is 6.07 Å². The molecule has 0 aliphatic rings. The molecule has 1 rings (SSSR count). The Balaban J connectivity index is 2.83. The van der Waals surface area contributed by atoms with Crippen molar-refractivity contribution in [3.63, 3.8) is 0 Å². The minimum Gasteiger partial charge on any atom is -0.298 e. The van der Waals surface area contributed by atoms with Crippen molar-refractivity contribution in [3.8, 4) is 0 Å². The van der Waals surface area contributed by atoms with Crippen molar-refractivity contribution in [2.45, 2.75) is 6.42 Å². The highest BCUT2D eigenvalue weighted by Crippen LogP contribution is 2.15. The second-order valence-corrected chi connectivity index (χ2v) is 3.84. The van der Waals surface area contributed by atoms with Gasteiger partial charge in [-0.1, -0.05) is 22.0 Å². The van der Waals surface area contributed by atoms with Crippen LogP contribution in [0.4, 0.5) is 4.39 Å². The first kappa shape index (κ1) is 10.7. The molecular formula is C9H8BrFOS. The lowest BCUT2D eigenvalue weighted by Gasteiger charge is -2.01. The fourth-order valence-corrected chi connectivity index (χ4v) is 1.38. The van der Waals surface area contributed by atoms with Crippen LogP contribution < -0.4 is 0 Å². The minimum atomic E-state index is -0.357. The normalized spacial score (nSPS) is 10.1. The standard InChI is InChI=1S/C9H8BrFOS/c10-7-2-1-6(9(11)4-7)3-8(12)5-13/h1-2,4,13H,3,5H2. The molecule has 70 valence electrons. The summed E-state index contributed by atoms with van der Waals surface area (Å²) in [6.45, 7) is 0. The third kappa shape index (κ3) is 3.12. The molecular weight excluding hydrogens is 255 g/mol. The van der Waals surface area contributed by atoms with Gasteiger partial charge >= 0.3 is 0 Å². The van der Waals surface area contributed by atoms with Gasteiger partial charge < -0.3 is 0 Å². The highest BCUT2D eigenvalue weighted by Gasteiger charge is 2.06. The predicted molar refractivity (Wildman–Crippen MR) is 56.7 cm³/mol. The van der Waals surface area contributed by atoms with Crippen LogP contribution in [0, 0.1) is 5.82 Å². The Morgan fingerprint density at radius 2 is 2.23 bits per heavy atom. The van der Waals surface area contributed by atoms with Crippen molar-refractivity contribution in [2.75, 3.05) is 5.75 Å². The molecule has 0 aromatic heterocycles. The number of ketones is 1. The maximum atomic E-state index is 13.1. The summed E-state index contributed by atoms with van der Waals surface area (Å²) in [5.74, 6) is -0.288. The number of halogens is 2. The molecule has 13 heavy (non-hydrogen) atoms. The van der Waals surface area contributed by atoms with E-state index in [4.69, 9.17) is 0 Å². The number of Topliss-reactive ketones (excluding diaryl/α,β-unsaturated/α-hetero) is 1. The van der Waals surface area contributed by atoms with Crippen LogP contribution in [0.25, 0.3) is 0 Å². The molecule has 0 spiro atoms. The molecule has 1 aromatic rings. The van der Waals surface area contributed by atoms with Gasteiger partial charge in [-0.05, 0) is 17.7 Å². The van der Waals surface area contributed by atoms with Gasteiger partial charge in [0.15, 0.2) is 0 Å². The second-order valence-electron chi connectivity index (χ2n) is 2.61. The smallest absolute Gasteiger partial charge is 0.146 e. The molecule has 0 fully saturated rings. The Hall–Kier alpha value is -0.350. The summed E-state index contributed by atoms with van der Waals surface area (Å²) in [6.07, 6.45) is 0.114. The van der Waals surface area contributed by atoms with Crippen LogP contribution in [0.2, 0.25) is 0 Å². The van der Waals surface area contributed by atoms with E-state index in [0.717, 1.165) is 0 Å². The van der Waals surface area contributed by atoms with E-state index < -0.39 is 0 Å². The summed E-state index contributed by atoms with van der Waals surface area (Å²) in [4.78, 5) is 11.0. The van der Waals surface area contributed by atoms with Crippen molar-refractivity contribution in [2.24, 2.45) is 0 Å². The van der Waals surface area contributed by atoms with Gasteiger partial charge in [-0.3, -0.25) is 4.79 Å². The van der Waals surface area contributed by atoms with Crippen LogP contribution in [-0.4, -0.2) is 11.5 Å². The molecule has 0 heterocycles. The van der Waals surface area contributed by atoms with Gasteiger partial charge in [-0.15, -0.1) is 0 Å². The van der Waals surface area contributed by atoms with Crippen LogP contribution in [0.3, 0.4) is 0 Å². The molecule has 0 aliphatic carbocycles. The van der Waals surface area contributed by atoms with Crippen LogP contribution in [-0.2, 0) is 11.2 Å². The van der Waals surface area contributed by atoms with Crippen molar-refractivity contribution in [1.29, 1.82) is 0 Å². The third-order valence-corrected chi connectivity index (χ3v) is 2.43. The van der Waals surface area contributed by atoms with E-state index in [1.807, 2.05) is 0 Å². The van der Waals surface area contributed by atoms with Crippen LogP contribution in [0.5, 0.6) is 0 Å². The summed E-state index contributed by atoms with van der Waals surface area (Å²) < 4.78 is 13.8. The maximum Gasteiger partial charge on any atom is 0.146 e. The SMILES string of the molecule is O=C(CS)Cc1ccc(Br)cc1F. The number of benzene rings is 1. The summed E-state index contributed by atoms with van der Waals surface area (Å²) in [5.41, 5.74) is 0.419. The fraction of sp³-hybridized carbons (Fsp3) is 0.222. The number of hydrogen-bond donors (Lipinski definition) is 1. The Morgan fingerprint density at radius 1 is 1.54 bits per heavy atom. The van der Waals surface area contributed by atoms with Gasteiger partial charge in [-0.25, -0.2) is 4.39 Å². The Morgan fingerprint density at radius 3 is 2.77 bits per heavy atom. The summed E-state index contributed by atoms with van der Waals surface area (Å²) >= 11 is 6.96. The van der Waals surface area contributed by atoms with Crippen molar-refractivity contribution >= 4 is 34.3 Å². The lowest BCUT2D eigenvalue weighted by atomic mass is 10.1. The average molecular weight is 263 g/mol. The zero-order valence-corrected chi connectivity index (χ0v) is 9.24. The molecule has 0 saturated carbocycles. The van der Waals surface area contributed by atoms with E-state index in [0.29, 0.717) is 10.0 Å². The Kier molecular flexibility index (Phi) is 3.93. The monoisotopic (exact) mass is 262 g/mol. The quantitative estimate of drug-likeness (QED) is 0.829. The molecule has 0 radical (unpaired) electrons. The number of hydrogen-bond acceptors (Lipinski definition) is 2. The van der Waals surface area contributed by atoms with E-state index in [2.05, 4.69) is 28.6 Å². The molecule has 0 aliphatic heterocycles. The number of thiol groups is 1. The molecule has 4 heteroatoms. The molecule has 1 nitrogen and oxygen atoms in total. The number of carbonyl (C=O) groups is 1. The van der Waals surface area contributed by atoms with Gasteiger partial charge in [0.1, 0.15) is 11.6 Å². The highest BCUT2D eigenvalue weighted by molar-refractivity contribution is 9.10. The fourth-order valence-electron chi connectivity index (χ4n) is 0.933. The summed E-state index contributed by atoms with van der Waals surface area (Å²) in [7, 11) is 0. The highest BCUT2D eigenvalue weighted by atomic mass is 79.9. The van der Waals surface area contributed by atoms with Crippen molar-refractivity contribution in [3.05, 3.63) is 34.1 Å². The minimum absolute atomic E-state index is 0.0791. The van der Waals surface area contributed by atoms with E-state index in [-0.39, 0.29) is 23.8 Å². The molecule has 0 unspecified atom stereocenters. The van der Waals surface area contributed by atoms with Gasteiger partial charge in [0.25, 0.3) is 0 Å². The Bertz CT molecular complexity index is 327. The maximum absolute atomic E-state index is 13.1. The van der Waals surface area contributed by atoms with Gasteiger partial charge in [0.05, 0.1) is 0 Å². The predicted octanol–water partition coefficient (Wildman–Crippen LogP) is 2.63. The average Bonchev–Trinajstić information content (AvgIpc) is 2.09. The first-order valence-electron chi connectivity index (χ1n) is 3.70.